The van der Waals surface area contributed by atoms with Gasteiger partial charge in [-0.3, -0.25) is 9.48 Å². The topological polar surface area (TPSA) is 46.9 Å². The molecule has 9 heteroatoms. The van der Waals surface area contributed by atoms with E-state index in [1.165, 1.54) is 18.7 Å². The summed E-state index contributed by atoms with van der Waals surface area (Å²) in [4.78, 5) is 13.3. The number of carbonyl (C=O) groups excluding carboxylic acids is 1. The Hall–Kier alpha value is -2.32. The minimum absolute atomic E-state index is 0.0338. The van der Waals surface area contributed by atoms with Crippen LogP contribution in [0.1, 0.15) is 20.9 Å². The van der Waals surface area contributed by atoms with Crippen molar-refractivity contribution < 1.29 is 18.0 Å². The van der Waals surface area contributed by atoms with Gasteiger partial charge in [0.2, 0.25) is 0 Å². The number of nitrogens with one attached hydrogen (secondary N) is 1. The van der Waals surface area contributed by atoms with Gasteiger partial charge in [-0.05, 0) is 43.3 Å². The van der Waals surface area contributed by atoms with Crippen LogP contribution in [0.15, 0.2) is 36.4 Å². The van der Waals surface area contributed by atoms with E-state index in [4.69, 9.17) is 11.6 Å². The molecule has 26 heavy (non-hydrogen) atoms. The monoisotopic (exact) mass is 399 g/mol. The fraction of sp³-hybridized carbons (Fsp3) is 0.176. The van der Waals surface area contributed by atoms with Crippen LogP contribution in [0, 0.1) is 6.92 Å². The molecule has 1 N–H and O–H groups in total. The molecule has 0 spiro atoms. The lowest BCUT2D eigenvalue weighted by Crippen LogP contribution is -2.09. The van der Waals surface area contributed by atoms with Crippen molar-refractivity contribution in [2.75, 3.05) is 5.32 Å². The fourth-order valence-electron chi connectivity index (χ4n) is 2.56. The van der Waals surface area contributed by atoms with E-state index in [0.717, 1.165) is 11.3 Å². The Kier molecular flexibility index (Phi) is 4.81. The van der Waals surface area contributed by atoms with Gasteiger partial charge in [0, 0.05) is 23.3 Å². The number of thiophene rings is 1. The van der Waals surface area contributed by atoms with E-state index in [-0.39, 0.29) is 11.5 Å². The summed E-state index contributed by atoms with van der Waals surface area (Å²) >= 11 is 6.90. The highest BCUT2D eigenvalue weighted by Gasteiger charge is 2.37. The molecule has 0 saturated carbocycles. The Balaban J connectivity index is 1.87. The smallest absolute Gasteiger partial charge is 0.321 e. The maximum absolute atomic E-state index is 13.0. The number of benzene rings is 1. The zero-order chi connectivity index (χ0) is 19.1. The molecule has 1 aromatic carbocycles. The SMILES string of the molecule is Cc1c(C(F)(F)F)nn(C)c1-c1ccc(C(=O)Nc2ccc(Cl)cc2)s1. The van der Waals surface area contributed by atoms with Crippen LogP contribution in [0.3, 0.4) is 0 Å². The first-order valence-electron chi connectivity index (χ1n) is 7.44. The number of carbonyl (C=O) groups is 1. The first kappa shape index (κ1) is 18.5. The number of halogens is 4. The molecule has 4 nitrogen and oxygen atoms in total. The molecule has 0 radical (unpaired) electrons. The van der Waals surface area contributed by atoms with Gasteiger partial charge >= 0.3 is 6.18 Å². The van der Waals surface area contributed by atoms with Crippen molar-refractivity contribution in [3.63, 3.8) is 0 Å². The first-order chi connectivity index (χ1) is 12.2. The van der Waals surface area contributed by atoms with Crippen LogP contribution >= 0.6 is 22.9 Å². The molecule has 0 aliphatic heterocycles. The molecule has 0 saturated heterocycles. The average Bonchev–Trinajstić information content (AvgIpc) is 3.14. The Morgan fingerprint density at radius 1 is 1.19 bits per heavy atom. The molecule has 2 heterocycles. The van der Waals surface area contributed by atoms with Gasteiger partial charge in [0.05, 0.1) is 15.4 Å². The minimum atomic E-state index is -4.52. The van der Waals surface area contributed by atoms with Gasteiger partial charge in [0.15, 0.2) is 5.69 Å². The lowest BCUT2D eigenvalue weighted by molar-refractivity contribution is -0.141. The van der Waals surface area contributed by atoms with Crippen LogP contribution in [-0.4, -0.2) is 15.7 Å². The normalized spacial score (nSPS) is 11.6. The standard InChI is InChI=1S/C17H13ClF3N3OS/c1-9-14(24(2)23-15(9)17(19,20)21)12-7-8-13(26-12)16(25)22-11-5-3-10(18)4-6-11/h3-8H,1-2H3,(H,22,25). The Morgan fingerprint density at radius 2 is 1.85 bits per heavy atom. The quantitative estimate of drug-likeness (QED) is 0.642. The second-order valence-electron chi connectivity index (χ2n) is 5.57. The molecule has 0 unspecified atom stereocenters. The van der Waals surface area contributed by atoms with Gasteiger partial charge in [-0.1, -0.05) is 11.6 Å². The summed E-state index contributed by atoms with van der Waals surface area (Å²) in [5.74, 6) is -0.348. The van der Waals surface area contributed by atoms with Crippen molar-refractivity contribution in [3.8, 4) is 10.6 Å². The lowest BCUT2D eigenvalue weighted by Gasteiger charge is -2.04. The summed E-state index contributed by atoms with van der Waals surface area (Å²) in [6.45, 7) is 1.37. The van der Waals surface area contributed by atoms with Crippen molar-refractivity contribution >= 4 is 34.5 Å². The van der Waals surface area contributed by atoms with Crippen molar-refractivity contribution in [1.29, 1.82) is 0 Å². The van der Waals surface area contributed by atoms with Gasteiger partial charge in [-0.2, -0.15) is 18.3 Å². The third-order valence-electron chi connectivity index (χ3n) is 3.72. The summed E-state index contributed by atoms with van der Waals surface area (Å²) in [5.41, 5.74) is 0.0281. The molecule has 1 amide bonds. The summed E-state index contributed by atoms with van der Waals surface area (Å²) in [5, 5.41) is 6.84. The largest absolute Gasteiger partial charge is 0.435 e. The molecule has 0 aliphatic rings. The number of aromatic nitrogens is 2. The number of alkyl halides is 3. The highest BCUT2D eigenvalue weighted by atomic mass is 35.5. The van der Waals surface area contributed by atoms with E-state index in [9.17, 15) is 18.0 Å². The molecule has 2 aromatic heterocycles. The first-order valence-corrected chi connectivity index (χ1v) is 8.64. The minimum Gasteiger partial charge on any atom is -0.321 e. The van der Waals surface area contributed by atoms with Crippen LogP contribution in [-0.2, 0) is 13.2 Å². The van der Waals surface area contributed by atoms with Gasteiger partial charge in [0.25, 0.3) is 5.91 Å². The van der Waals surface area contributed by atoms with Crippen LogP contribution in [0.4, 0.5) is 18.9 Å². The summed E-state index contributed by atoms with van der Waals surface area (Å²) in [6, 6.07) is 9.81. The summed E-state index contributed by atoms with van der Waals surface area (Å²) < 4.78 is 40.2. The van der Waals surface area contributed by atoms with E-state index in [2.05, 4.69) is 10.4 Å². The van der Waals surface area contributed by atoms with E-state index >= 15 is 0 Å². The number of amides is 1. The van der Waals surface area contributed by atoms with E-state index < -0.39 is 11.9 Å². The Bertz CT molecular complexity index is 961. The molecule has 136 valence electrons. The predicted molar refractivity (Wildman–Crippen MR) is 95.7 cm³/mol. The molecule has 0 atom stereocenters. The number of hydrogen-bond acceptors (Lipinski definition) is 3. The fourth-order valence-corrected chi connectivity index (χ4v) is 3.72. The van der Waals surface area contributed by atoms with E-state index in [0.29, 0.717) is 26.2 Å². The molecular formula is C17H13ClF3N3OS. The van der Waals surface area contributed by atoms with E-state index in [1.54, 1.807) is 36.4 Å². The number of hydrogen-bond donors (Lipinski definition) is 1. The number of nitrogens with zero attached hydrogens (tertiary/aromatic N) is 2. The highest BCUT2D eigenvalue weighted by Crippen LogP contribution is 2.37. The van der Waals surface area contributed by atoms with Gasteiger partial charge in [-0.15, -0.1) is 11.3 Å². The van der Waals surface area contributed by atoms with E-state index in [1.807, 2.05) is 0 Å². The van der Waals surface area contributed by atoms with Gasteiger partial charge in [0.1, 0.15) is 0 Å². The second kappa shape index (κ2) is 6.77. The molecule has 0 bridgehead atoms. The van der Waals surface area contributed by atoms with Crippen molar-refractivity contribution in [2.24, 2.45) is 7.05 Å². The zero-order valence-electron chi connectivity index (χ0n) is 13.7. The second-order valence-corrected chi connectivity index (χ2v) is 7.09. The van der Waals surface area contributed by atoms with Crippen LogP contribution < -0.4 is 5.32 Å². The zero-order valence-corrected chi connectivity index (χ0v) is 15.3. The molecule has 3 rings (SSSR count). The number of aryl methyl sites for hydroxylation is 1. The molecular weight excluding hydrogens is 387 g/mol. The third-order valence-corrected chi connectivity index (χ3v) is 5.06. The van der Waals surface area contributed by atoms with Crippen molar-refractivity contribution in [1.82, 2.24) is 9.78 Å². The van der Waals surface area contributed by atoms with Gasteiger partial charge < -0.3 is 5.32 Å². The molecule has 0 aliphatic carbocycles. The Morgan fingerprint density at radius 3 is 2.42 bits per heavy atom. The lowest BCUT2D eigenvalue weighted by atomic mass is 10.2. The highest BCUT2D eigenvalue weighted by molar-refractivity contribution is 7.17. The third kappa shape index (κ3) is 3.61. The Labute approximate surface area is 156 Å². The summed E-state index contributed by atoms with van der Waals surface area (Å²) in [6.07, 6.45) is -4.52. The number of anilines is 1. The molecule has 0 fully saturated rings. The van der Waals surface area contributed by atoms with Crippen LogP contribution in [0.5, 0.6) is 0 Å². The average molecular weight is 400 g/mol. The maximum atomic E-state index is 13.0. The van der Waals surface area contributed by atoms with Gasteiger partial charge in [-0.25, -0.2) is 0 Å². The maximum Gasteiger partial charge on any atom is 0.435 e. The van der Waals surface area contributed by atoms with Crippen LogP contribution in [0.2, 0.25) is 5.02 Å². The van der Waals surface area contributed by atoms with Crippen LogP contribution in [0.25, 0.3) is 10.6 Å². The predicted octanol–water partition coefficient (Wildman–Crippen LogP) is 5.38. The van der Waals surface area contributed by atoms with Crippen molar-refractivity contribution in [2.45, 2.75) is 13.1 Å². The summed E-state index contributed by atoms with van der Waals surface area (Å²) in [7, 11) is 1.45. The molecule has 3 aromatic rings. The number of rotatable bonds is 3. The van der Waals surface area contributed by atoms with Crippen molar-refractivity contribution in [3.05, 3.63) is 57.6 Å².